The molecule has 0 unspecified atom stereocenters. The molecule has 20 heavy (non-hydrogen) atoms. The number of ether oxygens (including phenoxy) is 1. The van der Waals surface area contributed by atoms with E-state index in [9.17, 15) is 13.2 Å². The first-order valence-corrected chi connectivity index (χ1v) is 6.27. The van der Waals surface area contributed by atoms with E-state index < -0.39 is 11.7 Å². The van der Waals surface area contributed by atoms with Crippen LogP contribution in [0.4, 0.5) is 13.2 Å². The molecule has 0 radical (unpaired) electrons. The van der Waals surface area contributed by atoms with E-state index in [0.29, 0.717) is 11.3 Å². The van der Waals surface area contributed by atoms with Crippen molar-refractivity contribution in [1.29, 1.82) is 0 Å². The molecule has 106 valence electrons. The van der Waals surface area contributed by atoms with Crippen LogP contribution in [-0.2, 0) is 12.6 Å². The third-order valence-electron chi connectivity index (χ3n) is 2.96. The maximum Gasteiger partial charge on any atom is 0.417 e. The molecule has 0 saturated heterocycles. The van der Waals surface area contributed by atoms with Crippen LogP contribution < -0.4 is 4.74 Å². The second kappa shape index (κ2) is 5.75. The van der Waals surface area contributed by atoms with Crippen molar-refractivity contribution in [2.45, 2.75) is 12.6 Å². The summed E-state index contributed by atoms with van der Waals surface area (Å²) >= 11 is 5.88. The van der Waals surface area contributed by atoms with Crippen LogP contribution in [0.25, 0.3) is 0 Å². The predicted molar refractivity (Wildman–Crippen MR) is 72.3 cm³/mol. The summed E-state index contributed by atoms with van der Waals surface area (Å²) in [6.07, 6.45) is -4.17. The molecular formula is C15H12ClF3O. The topological polar surface area (TPSA) is 9.23 Å². The Hall–Kier alpha value is -1.68. The van der Waals surface area contributed by atoms with Gasteiger partial charge in [-0.2, -0.15) is 13.2 Å². The minimum atomic E-state index is -4.45. The first kappa shape index (κ1) is 14.7. The van der Waals surface area contributed by atoms with Crippen molar-refractivity contribution in [3.05, 3.63) is 64.2 Å². The van der Waals surface area contributed by atoms with E-state index in [4.69, 9.17) is 16.3 Å². The highest BCUT2D eigenvalue weighted by Gasteiger charge is 2.33. The molecule has 0 heterocycles. The molecule has 5 heteroatoms. The first-order valence-electron chi connectivity index (χ1n) is 5.90. The van der Waals surface area contributed by atoms with Crippen molar-refractivity contribution in [1.82, 2.24) is 0 Å². The highest BCUT2D eigenvalue weighted by molar-refractivity contribution is 6.32. The van der Waals surface area contributed by atoms with E-state index in [1.165, 1.54) is 13.2 Å². The molecule has 0 atom stereocenters. The lowest BCUT2D eigenvalue weighted by atomic mass is 10.0. The molecule has 0 amide bonds. The van der Waals surface area contributed by atoms with E-state index in [1.807, 2.05) is 0 Å². The number of rotatable bonds is 3. The van der Waals surface area contributed by atoms with Gasteiger partial charge in [-0.1, -0.05) is 41.9 Å². The third-order valence-corrected chi connectivity index (χ3v) is 3.40. The Kier molecular flexibility index (Phi) is 4.23. The van der Waals surface area contributed by atoms with Crippen molar-refractivity contribution >= 4 is 11.6 Å². The van der Waals surface area contributed by atoms with Gasteiger partial charge >= 0.3 is 6.18 Å². The van der Waals surface area contributed by atoms with Gasteiger partial charge in [-0.3, -0.25) is 0 Å². The van der Waals surface area contributed by atoms with Crippen molar-refractivity contribution in [2.75, 3.05) is 7.11 Å². The van der Waals surface area contributed by atoms with Crippen LogP contribution in [0.5, 0.6) is 5.75 Å². The Balaban J connectivity index is 2.40. The molecule has 0 spiro atoms. The summed E-state index contributed by atoms with van der Waals surface area (Å²) in [6.45, 7) is 0. The summed E-state index contributed by atoms with van der Waals surface area (Å²) in [5.41, 5.74) is 0.397. The van der Waals surface area contributed by atoms with Crippen molar-refractivity contribution < 1.29 is 17.9 Å². The molecule has 2 aromatic carbocycles. The van der Waals surface area contributed by atoms with Gasteiger partial charge in [-0.05, 0) is 23.3 Å². The van der Waals surface area contributed by atoms with E-state index >= 15 is 0 Å². The lowest BCUT2D eigenvalue weighted by Crippen LogP contribution is -2.07. The van der Waals surface area contributed by atoms with E-state index in [0.717, 1.165) is 11.6 Å². The number of para-hydroxylation sites is 1. The summed E-state index contributed by atoms with van der Waals surface area (Å²) in [7, 11) is 1.52. The van der Waals surface area contributed by atoms with Gasteiger partial charge in [0.25, 0.3) is 0 Å². The summed E-state index contributed by atoms with van der Waals surface area (Å²) in [5, 5.41) is -0.258. The lowest BCUT2D eigenvalue weighted by molar-refractivity contribution is -0.137. The number of hydrogen-bond donors (Lipinski definition) is 0. The quantitative estimate of drug-likeness (QED) is 0.778. The van der Waals surface area contributed by atoms with Crippen molar-refractivity contribution in [2.24, 2.45) is 0 Å². The third kappa shape index (κ3) is 3.07. The fourth-order valence-electron chi connectivity index (χ4n) is 1.99. The van der Waals surface area contributed by atoms with Gasteiger partial charge in [-0.25, -0.2) is 0 Å². The maximum absolute atomic E-state index is 12.8. The van der Waals surface area contributed by atoms with Crippen LogP contribution in [0.3, 0.4) is 0 Å². The van der Waals surface area contributed by atoms with Crippen molar-refractivity contribution in [3.8, 4) is 5.75 Å². The largest absolute Gasteiger partial charge is 0.496 e. The normalized spacial score (nSPS) is 11.4. The van der Waals surface area contributed by atoms with Crippen LogP contribution in [0.1, 0.15) is 16.7 Å². The number of halogens is 4. The molecule has 0 N–H and O–H groups in total. The zero-order valence-electron chi connectivity index (χ0n) is 10.7. The Bertz CT molecular complexity index is 608. The Morgan fingerprint density at radius 1 is 1.00 bits per heavy atom. The number of alkyl halides is 3. The summed E-state index contributed by atoms with van der Waals surface area (Å²) in [5.74, 6) is 0.626. The molecule has 2 rings (SSSR count). The molecule has 2 aromatic rings. The molecular weight excluding hydrogens is 289 g/mol. The van der Waals surface area contributed by atoms with Crippen LogP contribution in [0, 0.1) is 0 Å². The fraction of sp³-hybridized carbons (Fsp3) is 0.200. The van der Waals surface area contributed by atoms with E-state index in [-0.39, 0.29) is 11.4 Å². The summed E-state index contributed by atoms with van der Waals surface area (Å²) in [6, 6.07) is 11.1. The Labute approximate surface area is 119 Å². The number of methoxy groups -OCH3 is 1. The number of hydrogen-bond acceptors (Lipinski definition) is 1. The molecule has 0 aliphatic heterocycles. The summed E-state index contributed by atoms with van der Waals surface area (Å²) in [4.78, 5) is 0. The average Bonchev–Trinajstić information content (AvgIpc) is 2.40. The highest BCUT2D eigenvalue weighted by Crippen LogP contribution is 2.37. The second-order valence-electron chi connectivity index (χ2n) is 4.27. The zero-order valence-corrected chi connectivity index (χ0v) is 11.4. The molecule has 0 bridgehead atoms. The highest BCUT2D eigenvalue weighted by atomic mass is 35.5. The minimum absolute atomic E-state index is 0.258. The second-order valence-corrected chi connectivity index (χ2v) is 4.64. The van der Waals surface area contributed by atoms with Gasteiger partial charge in [-0.15, -0.1) is 0 Å². The zero-order chi connectivity index (χ0) is 14.8. The SMILES string of the molecule is COc1ccccc1Cc1cccc(C(F)(F)F)c1Cl. The van der Waals surface area contributed by atoms with E-state index in [2.05, 4.69) is 0 Å². The van der Waals surface area contributed by atoms with Crippen molar-refractivity contribution in [3.63, 3.8) is 0 Å². The Morgan fingerprint density at radius 2 is 1.65 bits per heavy atom. The van der Waals surface area contributed by atoms with Crippen LogP contribution >= 0.6 is 11.6 Å². The molecule has 0 saturated carbocycles. The molecule has 0 fully saturated rings. The number of benzene rings is 2. The predicted octanol–water partition coefficient (Wildman–Crippen LogP) is 4.96. The Morgan fingerprint density at radius 3 is 2.30 bits per heavy atom. The molecule has 0 aromatic heterocycles. The van der Waals surface area contributed by atoms with Gasteiger partial charge in [0.05, 0.1) is 17.7 Å². The van der Waals surface area contributed by atoms with Gasteiger partial charge < -0.3 is 4.74 Å². The maximum atomic E-state index is 12.8. The monoisotopic (exact) mass is 300 g/mol. The van der Waals surface area contributed by atoms with Gasteiger partial charge in [0, 0.05) is 6.42 Å². The average molecular weight is 301 g/mol. The van der Waals surface area contributed by atoms with Gasteiger partial charge in [0.1, 0.15) is 5.75 Å². The first-order chi connectivity index (χ1) is 9.43. The lowest BCUT2D eigenvalue weighted by Gasteiger charge is -2.13. The van der Waals surface area contributed by atoms with Crippen LogP contribution in [-0.4, -0.2) is 7.11 Å². The van der Waals surface area contributed by atoms with Gasteiger partial charge in [0.15, 0.2) is 0 Å². The molecule has 0 aliphatic rings. The molecule has 0 aliphatic carbocycles. The van der Waals surface area contributed by atoms with Crippen LogP contribution in [0.15, 0.2) is 42.5 Å². The standard InChI is InChI=1S/C15H12ClF3O/c1-20-13-8-3-2-5-10(13)9-11-6-4-7-12(14(11)16)15(17,18)19/h2-8H,9H2,1H3. The smallest absolute Gasteiger partial charge is 0.417 e. The van der Waals surface area contributed by atoms with Gasteiger partial charge in [0.2, 0.25) is 0 Å². The molecule has 1 nitrogen and oxygen atoms in total. The summed E-state index contributed by atoms with van der Waals surface area (Å²) < 4.78 is 43.6. The fourth-order valence-corrected chi connectivity index (χ4v) is 2.29. The minimum Gasteiger partial charge on any atom is -0.496 e. The van der Waals surface area contributed by atoms with E-state index in [1.54, 1.807) is 30.3 Å². The van der Waals surface area contributed by atoms with Crippen LogP contribution in [0.2, 0.25) is 5.02 Å².